The second-order valence-corrected chi connectivity index (χ2v) is 6.69. The number of ether oxygens (including phenoxy) is 2. The van der Waals surface area contributed by atoms with E-state index < -0.39 is 0 Å². The fraction of sp³-hybridized carbons (Fsp3) is 0.0833. The Morgan fingerprint density at radius 1 is 0.567 bits per heavy atom. The Morgan fingerprint density at radius 2 is 0.933 bits per heavy atom. The van der Waals surface area contributed by atoms with E-state index in [-0.39, 0.29) is 11.6 Å². The van der Waals surface area contributed by atoms with Crippen LogP contribution in [-0.4, -0.2) is 35.8 Å². The van der Waals surface area contributed by atoms with Crippen LogP contribution in [0.15, 0.2) is 72.8 Å². The average Bonchev–Trinajstić information content (AvgIpc) is 3.48. The Morgan fingerprint density at radius 3 is 1.27 bits per heavy atom. The molecular formula is C24H20N2O4. The number of rotatable bonds is 7. The van der Waals surface area contributed by atoms with E-state index in [1.54, 1.807) is 74.9 Å². The van der Waals surface area contributed by atoms with Gasteiger partial charge in [-0.2, -0.15) is 0 Å². The molecule has 0 fully saturated rings. The van der Waals surface area contributed by atoms with Crippen LogP contribution in [0.1, 0.15) is 32.1 Å². The number of hydrogen-bond donors (Lipinski definition) is 2. The second kappa shape index (κ2) is 8.13. The van der Waals surface area contributed by atoms with E-state index in [9.17, 15) is 9.59 Å². The van der Waals surface area contributed by atoms with Gasteiger partial charge in [0.2, 0.25) is 11.6 Å². The van der Waals surface area contributed by atoms with E-state index in [2.05, 4.69) is 9.97 Å². The quantitative estimate of drug-likeness (QED) is 0.448. The van der Waals surface area contributed by atoms with Crippen LogP contribution in [0.4, 0.5) is 0 Å². The number of aromatic amines is 2. The second-order valence-electron chi connectivity index (χ2n) is 6.69. The average molecular weight is 400 g/mol. The minimum atomic E-state index is -0.120. The molecule has 0 unspecified atom stereocenters. The number of nitrogens with one attached hydrogen (secondary N) is 2. The van der Waals surface area contributed by atoms with Crippen molar-refractivity contribution >= 4 is 11.6 Å². The number of methoxy groups -OCH3 is 2. The summed E-state index contributed by atoms with van der Waals surface area (Å²) in [5.74, 6) is 1.15. The van der Waals surface area contributed by atoms with Crippen LogP contribution >= 0.6 is 0 Å². The van der Waals surface area contributed by atoms with Gasteiger partial charge in [0.05, 0.1) is 37.0 Å². The molecule has 2 N–H and O–H groups in total. The number of ketones is 2. The van der Waals surface area contributed by atoms with Gasteiger partial charge < -0.3 is 19.4 Å². The van der Waals surface area contributed by atoms with Gasteiger partial charge in [0.15, 0.2) is 0 Å². The van der Waals surface area contributed by atoms with Gasteiger partial charge in [-0.15, -0.1) is 0 Å². The van der Waals surface area contributed by atoms with Gasteiger partial charge in [-0.1, -0.05) is 0 Å². The van der Waals surface area contributed by atoms with Crippen LogP contribution in [0.2, 0.25) is 0 Å². The molecule has 2 heterocycles. The predicted octanol–water partition coefficient (Wildman–Crippen LogP) is 4.49. The van der Waals surface area contributed by atoms with Gasteiger partial charge in [0, 0.05) is 11.1 Å². The standard InChI is InChI=1S/C24H20N2O4/c1-29-17-7-3-15(4-8-17)23(27)21-13-11-19(25-21)20-12-14-22(26-20)24(28)16-5-9-18(30-2)10-6-16/h3-14,25-26H,1-2H3. The van der Waals surface area contributed by atoms with Crippen molar-refractivity contribution < 1.29 is 19.1 Å². The maximum Gasteiger partial charge on any atom is 0.209 e. The lowest BCUT2D eigenvalue weighted by Crippen LogP contribution is -2.02. The van der Waals surface area contributed by atoms with Crippen LogP contribution in [0.3, 0.4) is 0 Å². The molecule has 6 heteroatoms. The van der Waals surface area contributed by atoms with Crippen molar-refractivity contribution in [3.8, 4) is 22.9 Å². The van der Waals surface area contributed by atoms with E-state index in [1.165, 1.54) is 0 Å². The van der Waals surface area contributed by atoms with Crippen molar-refractivity contribution in [3.63, 3.8) is 0 Å². The zero-order valence-corrected chi connectivity index (χ0v) is 16.6. The number of carbonyl (C=O) groups excluding carboxylic acids is 2. The Bertz CT molecular complexity index is 1090. The van der Waals surface area contributed by atoms with Crippen molar-refractivity contribution in [1.29, 1.82) is 0 Å². The highest BCUT2D eigenvalue weighted by atomic mass is 16.5. The van der Waals surface area contributed by atoms with Crippen molar-refractivity contribution in [3.05, 3.63) is 95.3 Å². The van der Waals surface area contributed by atoms with E-state index in [4.69, 9.17) is 9.47 Å². The first-order chi connectivity index (χ1) is 14.6. The molecule has 0 spiro atoms. The fourth-order valence-electron chi connectivity index (χ4n) is 3.17. The topological polar surface area (TPSA) is 84.2 Å². The number of benzene rings is 2. The third-order valence-electron chi connectivity index (χ3n) is 4.86. The lowest BCUT2D eigenvalue weighted by Gasteiger charge is -2.02. The van der Waals surface area contributed by atoms with Crippen LogP contribution in [0.25, 0.3) is 11.4 Å². The molecule has 6 nitrogen and oxygen atoms in total. The third-order valence-corrected chi connectivity index (χ3v) is 4.86. The maximum atomic E-state index is 12.7. The van der Waals surface area contributed by atoms with Crippen LogP contribution in [0, 0.1) is 0 Å². The van der Waals surface area contributed by atoms with Gasteiger partial charge in [-0.3, -0.25) is 9.59 Å². The van der Waals surface area contributed by atoms with Crippen molar-refractivity contribution in [2.45, 2.75) is 0 Å². The number of H-pyrrole nitrogens is 2. The molecular weight excluding hydrogens is 380 g/mol. The first kappa shape index (κ1) is 19.3. The van der Waals surface area contributed by atoms with Gasteiger partial charge in [-0.25, -0.2) is 0 Å². The molecule has 2 aromatic carbocycles. The summed E-state index contributed by atoms with van der Waals surface area (Å²) in [5, 5.41) is 0. The highest BCUT2D eigenvalue weighted by Crippen LogP contribution is 2.22. The summed E-state index contributed by atoms with van der Waals surface area (Å²) in [5.41, 5.74) is 3.50. The molecule has 4 rings (SSSR count). The Balaban J connectivity index is 1.53. The monoisotopic (exact) mass is 400 g/mol. The summed E-state index contributed by atoms with van der Waals surface area (Å²) < 4.78 is 10.2. The Hall–Kier alpha value is -4.06. The molecule has 2 aromatic heterocycles. The fourth-order valence-corrected chi connectivity index (χ4v) is 3.17. The largest absolute Gasteiger partial charge is 0.497 e. The lowest BCUT2D eigenvalue weighted by molar-refractivity contribution is 0.102. The number of hydrogen-bond acceptors (Lipinski definition) is 4. The molecule has 150 valence electrons. The van der Waals surface area contributed by atoms with Crippen molar-refractivity contribution in [2.75, 3.05) is 14.2 Å². The minimum absolute atomic E-state index is 0.120. The first-order valence-corrected chi connectivity index (χ1v) is 9.35. The normalized spacial score (nSPS) is 10.6. The lowest BCUT2D eigenvalue weighted by atomic mass is 10.1. The van der Waals surface area contributed by atoms with Crippen LogP contribution < -0.4 is 9.47 Å². The summed E-state index contributed by atoms with van der Waals surface area (Å²) in [6, 6.07) is 21.0. The zero-order chi connectivity index (χ0) is 21.1. The van der Waals surface area contributed by atoms with Gasteiger partial charge in [0.1, 0.15) is 11.5 Å². The molecule has 30 heavy (non-hydrogen) atoms. The van der Waals surface area contributed by atoms with Crippen molar-refractivity contribution in [1.82, 2.24) is 9.97 Å². The number of carbonyl (C=O) groups is 2. The molecule has 0 atom stereocenters. The van der Waals surface area contributed by atoms with E-state index in [0.717, 1.165) is 11.4 Å². The molecule has 4 aromatic rings. The van der Waals surface area contributed by atoms with Crippen LogP contribution in [-0.2, 0) is 0 Å². The van der Waals surface area contributed by atoms with Crippen LogP contribution in [0.5, 0.6) is 11.5 Å². The molecule has 0 saturated heterocycles. The molecule has 0 radical (unpaired) electrons. The van der Waals surface area contributed by atoms with Gasteiger partial charge >= 0.3 is 0 Å². The first-order valence-electron chi connectivity index (χ1n) is 9.35. The van der Waals surface area contributed by atoms with Gasteiger partial charge in [-0.05, 0) is 72.8 Å². The van der Waals surface area contributed by atoms with E-state index in [1.807, 2.05) is 12.1 Å². The van der Waals surface area contributed by atoms with Crippen molar-refractivity contribution in [2.24, 2.45) is 0 Å². The highest BCUT2D eigenvalue weighted by molar-refractivity contribution is 6.09. The maximum absolute atomic E-state index is 12.7. The summed E-state index contributed by atoms with van der Waals surface area (Å²) in [4.78, 5) is 31.6. The molecule has 0 aliphatic carbocycles. The Labute approximate surface area is 173 Å². The molecule has 0 bridgehead atoms. The molecule has 0 amide bonds. The smallest absolute Gasteiger partial charge is 0.209 e. The van der Waals surface area contributed by atoms with E-state index >= 15 is 0 Å². The van der Waals surface area contributed by atoms with Gasteiger partial charge in [0.25, 0.3) is 0 Å². The summed E-state index contributed by atoms with van der Waals surface area (Å²) in [6.07, 6.45) is 0. The van der Waals surface area contributed by atoms with E-state index in [0.29, 0.717) is 34.0 Å². The summed E-state index contributed by atoms with van der Waals surface area (Å²) in [6.45, 7) is 0. The number of aromatic nitrogens is 2. The predicted molar refractivity (Wildman–Crippen MR) is 113 cm³/mol. The molecule has 0 aliphatic rings. The summed E-state index contributed by atoms with van der Waals surface area (Å²) in [7, 11) is 3.16. The minimum Gasteiger partial charge on any atom is -0.497 e. The molecule has 0 saturated carbocycles. The SMILES string of the molecule is COc1ccc(C(=O)c2ccc(-c3ccc(C(=O)c4ccc(OC)cc4)[nH]3)[nH]2)cc1. The Kier molecular flexibility index (Phi) is 5.22. The molecule has 0 aliphatic heterocycles. The summed E-state index contributed by atoms with van der Waals surface area (Å²) >= 11 is 0. The highest BCUT2D eigenvalue weighted by Gasteiger charge is 2.15. The third kappa shape index (κ3) is 3.75. The zero-order valence-electron chi connectivity index (χ0n) is 16.6.